The quantitative estimate of drug-likeness (QED) is 0.132. The normalized spacial score (nSPS) is 14.1. The van der Waals surface area contributed by atoms with Gasteiger partial charge in [-0.15, -0.1) is 0 Å². The van der Waals surface area contributed by atoms with Crippen molar-refractivity contribution in [2.45, 2.75) is 22.6 Å². The number of fused-ring (bicyclic) bond motifs is 15. The lowest BCUT2D eigenvalue weighted by Crippen LogP contribution is -2.63. The Kier molecular flexibility index (Phi) is 11.9. The highest BCUT2D eigenvalue weighted by Crippen LogP contribution is 2.54. The van der Waals surface area contributed by atoms with Crippen molar-refractivity contribution in [3.8, 4) is 0 Å². The lowest BCUT2D eigenvalue weighted by molar-refractivity contribution is 0.668. The molecule has 0 spiro atoms. The van der Waals surface area contributed by atoms with E-state index in [2.05, 4.69) is 334 Å². The molecule has 440 valence electrons. The first-order valence-electron chi connectivity index (χ1n) is 32.4. The molecule has 15 aromatic rings. The van der Waals surface area contributed by atoms with Crippen LogP contribution >= 0.6 is 11.8 Å². The number of hydrogen-bond donors (Lipinski definition) is 0. The maximum atomic E-state index is 7.57. The topological polar surface area (TPSA) is 42.5 Å². The maximum absolute atomic E-state index is 7.57. The Morgan fingerprint density at radius 1 is 0.340 bits per heavy atom. The number of rotatable bonds is 9. The van der Waals surface area contributed by atoms with Gasteiger partial charge in [-0.2, -0.15) is 0 Å². The van der Waals surface area contributed by atoms with Crippen molar-refractivity contribution in [1.29, 1.82) is 0 Å². The van der Waals surface area contributed by atoms with E-state index in [1.807, 2.05) is 11.8 Å². The number of nitrogens with zero attached hydrogens (tertiary/aromatic N) is 5. The minimum atomic E-state index is -0.172. The van der Waals surface area contributed by atoms with Crippen LogP contribution in [0, 0.1) is 0 Å². The van der Waals surface area contributed by atoms with Gasteiger partial charge in [0.15, 0.2) is 11.2 Å². The average Bonchev–Trinajstić information content (AvgIpc) is 1.07. The molecule has 0 N–H and O–H groups in total. The number of para-hydroxylation sites is 8. The van der Waals surface area contributed by atoms with Crippen molar-refractivity contribution in [1.82, 2.24) is 0 Å². The highest BCUT2D eigenvalue weighted by molar-refractivity contribution is 8.00. The SMILES string of the molecule is C1=CC2=C(CC1)B1c3cc4c(cc3Sc3cc5c(oc6cc(N(c7ccccc7)c7ccccc7)ccc65)c(c31)N2c1ccccc1)N(c1ccccc1)c1cc2c(oc3cc(N(c5ccccc5)c5ccccc5)ccc32)c2c1B4c1ccccc1N2c1ccccc1. The van der Waals surface area contributed by atoms with E-state index in [9.17, 15) is 0 Å². The molecule has 0 fully saturated rings. The van der Waals surface area contributed by atoms with Crippen LogP contribution < -0.4 is 51.8 Å². The Bertz CT molecular complexity index is 5550. The first kappa shape index (κ1) is 53.1. The molecule has 6 heterocycles. The summed E-state index contributed by atoms with van der Waals surface area (Å²) in [7, 11) is 0. The summed E-state index contributed by atoms with van der Waals surface area (Å²) in [6.07, 6.45) is 6.65. The van der Waals surface area contributed by atoms with Crippen molar-refractivity contribution in [3.05, 3.63) is 321 Å². The lowest BCUT2D eigenvalue weighted by atomic mass is 9.30. The van der Waals surface area contributed by atoms with Gasteiger partial charge in [0.25, 0.3) is 6.71 Å². The highest BCUT2D eigenvalue weighted by atomic mass is 32.2. The van der Waals surface area contributed by atoms with Gasteiger partial charge in [-0.1, -0.05) is 180 Å². The molecular formula is C84H55B2N5O2S. The molecule has 1 aliphatic carbocycles. The fourth-order valence-corrected chi connectivity index (χ4v) is 17.2. The van der Waals surface area contributed by atoms with E-state index < -0.39 is 0 Å². The van der Waals surface area contributed by atoms with Crippen LogP contribution in [0.15, 0.2) is 339 Å². The van der Waals surface area contributed by atoms with Gasteiger partial charge in [0.2, 0.25) is 6.71 Å². The number of benzene rings is 13. The number of anilines is 14. The first-order valence-corrected chi connectivity index (χ1v) is 33.2. The third-order valence-corrected chi connectivity index (χ3v) is 21.0. The fourth-order valence-electron chi connectivity index (χ4n) is 16.0. The second-order valence-corrected chi connectivity index (χ2v) is 26.1. The van der Waals surface area contributed by atoms with Crippen LogP contribution in [0.5, 0.6) is 0 Å². The standard InChI is InChI=1S/C84H55B2N5O2S/c1-8-26-54(27-9-1)87(55-28-10-2-11-29-55)61-44-46-63-65-50-74-79-81(83(65)92-75(63)48-61)90(59-36-18-6-19-37-59)71-42-24-22-40-67(71)85(79)69-52-70-77(53-73(69)89(74)58-34-16-5-17-35-58)94-78-51-66-64-47-45-62(88(56-30-12-3-13-31-56)57-32-14-4-15-33-57)49-76(64)93-84(66)82-80(78)86(70)68-41-23-25-43-72(68)91(82)60-38-20-7-21-39-60/h1-22,24-40,42-53H,23,41H2. The van der Waals surface area contributed by atoms with Crippen LogP contribution in [-0.4, -0.2) is 13.4 Å². The molecule has 0 amide bonds. The van der Waals surface area contributed by atoms with Crippen LogP contribution in [0.2, 0.25) is 0 Å². The fraction of sp³-hybridized carbons (Fsp3) is 0.0238. The van der Waals surface area contributed by atoms with E-state index in [4.69, 9.17) is 8.83 Å². The molecule has 0 saturated carbocycles. The minimum absolute atomic E-state index is 0.0598. The molecule has 0 bridgehead atoms. The number of hydrogen-bond acceptors (Lipinski definition) is 8. The van der Waals surface area contributed by atoms with Crippen LogP contribution in [0.4, 0.5) is 79.6 Å². The molecule has 13 aromatic carbocycles. The average molecular weight is 1220 g/mol. The second-order valence-electron chi connectivity index (χ2n) is 25.0. The molecule has 4 aliphatic heterocycles. The molecule has 2 aromatic heterocycles. The first-order chi connectivity index (χ1) is 46.7. The lowest BCUT2D eigenvalue weighted by Gasteiger charge is -2.45. The third-order valence-electron chi connectivity index (χ3n) is 19.8. The smallest absolute Gasteiger partial charge is 0.252 e. The largest absolute Gasteiger partial charge is 0.454 e. The van der Waals surface area contributed by atoms with E-state index in [1.54, 1.807) is 0 Å². The molecule has 20 rings (SSSR count). The summed E-state index contributed by atoms with van der Waals surface area (Å²) in [5.74, 6) is 0. The third kappa shape index (κ3) is 7.96. The van der Waals surface area contributed by atoms with Crippen LogP contribution in [0.1, 0.15) is 12.8 Å². The van der Waals surface area contributed by atoms with Gasteiger partial charge in [-0.25, -0.2) is 0 Å². The molecule has 5 aliphatic rings. The molecule has 0 saturated heterocycles. The van der Waals surface area contributed by atoms with Gasteiger partial charge in [-0.3, -0.25) is 0 Å². The van der Waals surface area contributed by atoms with E-state index in [1.165, 1.54) is 54.0 Å². The Hall–Kier alpha value is -11.6. The Morgan fingerprint density at radius 3 is 1.37 bits per heavy atom. The summed E-state index contributed by atoms with van der Waals surface area (Å²) in [6, 6.07) is 108. The molecule has 0 radical (unpaired) electrons. The highest BCUT2D eigenvalue weighted by Gasteiger charge is 2.49. The van der Waals surface area contributed by atoms with Crippen molar-refractivity contribution in [2.24, 2.45) is 0 Å². The predicted octanol–water partition coefficient (Wildman–Crippen LogP) is 19.9. The van der Waals surface area contributed by atoms with E-state index >= 15 is 0 Å². The van der Waals surface area contributed by atoms with Gasteiger partial charge >= 0.3 is 0 Å². The number of allylic oxidation sites excluding steroid dienone is 3. The summed E-state index contributed by atoms with van der Waals surface area (Å²) in [6.45, 7) is -0.231. The van der Waals surface area contributed by atoms with E-state index in [0.717, 1.165) is 131 Å². The second kappa shape index (κ2) is 21.0. The van der Waals surface area contributed by atoms with Gasteiger partial charge in [0, 0.05) is 117 Å². The number of furan rings is 2. The van der Waals surface area contributed by atoms with Crippen molar-refractivity contribution in [2.75, 3.05) is 24.5 Å². The summed E-state index contributed by atoms with van der Waals surface area (Å²) in [5, 5.41) is 4.30. The van der Waals surface area contributed by atoms with Gasteiger partial charge < -0.3 is 33.3 Å². The molecular weight excluding hydrogens is 1160 g/mol. The molecule has 94 heavy (non-hydrogen) atoms. The van der Waals surface area contributed by atoms with Crippen LogP contribution in [-0.2, 0) is 0 Å². The van der Waals surface area contributed by atoms with Crippen molar-refractivity contribution >= 4 is 176 Å². The van der Waals surface area contributed by atoms with Crippen LogP contribution in [0.3, 0.4) is 0 Å². The Labute approximate surface area is 549 Å². The van der Waals surface area contributed by atoms with Crippen molar-refractivity contribution in [3.63, 3.8) is 0 Å². The zero-order valence-electron chi connectivity index (χ0n) is 51.0. The van der Waals surface area contributed by atoms with Crippen LogP contribution in [0.25, 0.3) is 43.9 Å². The monoisotopic (exact) mass is 1220 g/mol. The maximum Gasteiger partial charge on any atom is 0.252 e. The predicted molar refractivity (Wildman–Crippen MR) is 394 cm³/mol. The molecule has 0 atom stereocenters. The summed E-state index contributed by atoms with van der Waals surface area (Å²) >= 11 is 1.91. The van der Waals surface area contributed by atoms with Gasteiger partial charge in [0.05, 0.1) is 11.4 Å². The van der Waals surface area contributed by atoms with E-state index in [0.29, 0.717) is 0 Å². The van der Waals surface area contributed by atoms with E-state index in [-0.39, 0.29) is 13.4 Å². The van der Waals surface area contributed by atoms with Gasteiger partial charge in [-0.05, 0) is 174 Å². The Balaban J connectivity index is 0.839. The Morgan fingerprint density at radius 2 is 0.819 bits per heavy atom. The summed E-state index contributed by atoms with van der Waals surface area (Å²) in [4.78, 5) is 14.7. The van der Waals surface area contributed by atoms with Gasteiger partial charge in [0.1, 0.15) is 11.2 Å². The minimum Gasteiger partial charge on any atom is -0.454 e. The molecule has 10 heteroatoms. The summed E-state index contributed by atoms with van der Waals surface area (Å²) < 4.78 is 15.1. The molecule has 0 unspecified atom stereocenters. The summed E-state index contributed by atoms with van der Waals surface area (Å²) in [5.41, 5.74) is 27.6. The molecule has 7 nitrogen and oxygen atoms in total. The zero-order valence-corrected chi connectivity index (χ0v) is 51.8. The zero-order chi connectivity index (χ0) is 61.5. The van der Waals surface area contributed by atoms with Crippen molar-refractivity contribution < 1.29 is 8.83 Å².